The smallest absolute Gasteiger partial charge is 0.335 e. The van der Waals surface area contributed by atoms with Gasteiger partial charge in [-0.3, -0.25) is 0 Å². The minimum Gasteiger partial charge on any atom is -0.478 e. The van der Waals surface area contributed by atoms with Crippen LogP contribution in [0.3, 0.4) is 0 Å². The molecule has 0 aliphatic rings. The van der Waals surface area contributed by atoms with Crippen LogP contribution in [0, 0.1) is 5.82 Å². The van der Waals surface area contributed by atoms with Gasteiger partial charge in [0.2, 0.25) is 0 Å². The van der Waals surface area contributed by atoms with E-state index in [1.165, 1.54) is 18.6 Å². The second kappa shape index (κ2) is 10.2. The molecule has 0 saturated heterocycles. The molecule has 0 atom stereocenters. The Hall–Kier alpha value is -0.940. The van der Waals surface area contributed by atoms with Gasteiger partial charge in [-0.15, -0.1) is 0 Å². The maximum Gasteiger partial charge on any atom is 0.335 e. The van der Waals surface area contributed by atoms with Crippen LogP contribution in [-0.2, 0) is 0 Å². The molecule has 3 nitrogen and oxygen atoms in total. The molecule has 1 aromatic carbocycles. The number of rotatable bonds is 5. The zero-order valence-electron chi connectivity index (χ0n) is 9.40. The number of alkyl halides is 1. The molecule has 2 N–H and O–H groups in total. The summed E-state index contributed by atoms with van der Waals surface area (Å²) in [4.78, 5) is 10.2. The van der Waals surface area contributed by atoms with Crippen molar-refractivity contribution in [3.63, 3.8) is 0 Å². The van der Waals surface area contributed by atoms with E-state index in [0.29, 0.717) is 6.61 Å². The van der Waals surface area contributed by atoms with Crippen molar-refractivity contribution in [3.05, 3.63) is 35.6 Å². The van der Waals surface area contributed by atoms with E-state index in [0.717, 1.165) is 30.3 Å². The minimum absolute atomic E-state index is 0.0985. The number of halogens is 2. The van der Waals surface area contributed by atoms with Gasteiger partial charge in [-0.05, 0) is 37.1 Å². The second-order valence-corrected chi connectivity index (χ2v) is 4.08. The van der Waals surface area contributed by atoms with Crippen LogP contribution in [0.2, 0.25) is 0 Å². The number of aliphatic hydroxyl groups is 1. The number of aliphatic hydroxyl groups excluding tert-OH is 1. The van der Waals surface area contributed by atoms with Gasteiger partial charge in [0.15, 0.2) is 0 Å². The first-order valence-corrected chi connectivity index (χ1v) is 6.39. The van der Waals surface area contributed by atoms with Crippen molar-refractivity contribution >= 4 is 21.9 Å². The van der Waals surface area contributed by atoms with Gasteiger partial charge in [0.05, 0.1) is 5.56 Å². The summed E-state index contributed by atoms with van der Waals surface area (Å²) in [6.45, 7) is 0.340. The van der Waals surface area contributed by atoms with E-state index in [1.54, 1.807) is 0 Å². The summed E-state index contributed by atoms with van der Waals surface area (Å²) < 4.78 is 12.2. The van der Waals surface area contributed by atoms with Gasteiger partial charge in [-0.2, -0.15) is 0 Å². The van der Waals surface area contributed by atoms with Crippen molar-refractivity contribution in [2.24, 2.45) is 0 Å². The van der Waals surface area contributed by atoms with Gasteiger partial charge in [0, 0.05) is 11.9 Å². The van der Waals surface area contributed by atoms with Crippen molar-refractivity contribution in [2.75, 3.05) is 11.9 Å². The van der Waals surface area contributed by atoms with Gasteiger partial charge in [-0.25, -0.2) is 9.18 Å². The molecule has 96 valence electrons. The molecule has 0 fully saturated rings. The fraction of sp³-hybridized carbons (Fsp3) is 0.417. The predicted octanol–water partition coefficient (Wildman–Crippen LogP) is 3.07. The van der Waals surface area contributed by atoms with Crippen molar-refractivity contribution < 1.29 is 19.4 Å². The van der Waals surface area contributed by atoms with Gasteiger partial charge in [0.1, 0.15) is 5.82 Å². The van der Waals surface area contributed by atoms with E-state index in [-0.39, 0.29) is 5.56 Å². The van der Waals surface area contributed by atoms with Crippen molar-refractivity contribution in [2.45, 2.75) is 19.3 Å². The van der Waals surface area contributed by atoms with Crippen LogP contribution in [0.1, 0.15) is 29.6 Å². The zero-order valence-corrected chi connectivity index (χ0v) is 11.0. The van der Waals surface area contributed by atoms with Gasteiger partial charge in [0.25, 0.3) is 0 Å². The molecule has 0 aromatic heterocycles. The number of hydrogen-bond donors (Lipinski definition) is 2. The molecule has 0 bridgehead atoms. The van der Waals surface area contributed by atoms with E-state index in [2.05, 4.69) is 15.9 Å². The van der Waals surface area contributed by atoms with Gasteiger partial charge >= 0.3 is 5.97 Å². The molecule has 0 amide bonds. The minimum atomic E-state index is -1.04. The lowest BCUT2D eigenvalue weighted by Gasteiger charge is -1.90. The predicted molar refractivity (Wildman–Crippen MR) is 68.1 cm³/mol. The van der Waals surface area contributed by atoms with Crippen LogP contribution < -0.4 is 0 Å². The summed E-state index contributed by atoms with van der Waals surface area (Å²) in [5.41, 5.74) is 0.0985. The van der Waals surface area contributed by atoms with Gasteiger partial charge < -0.3 is 10.2 Å². The Kier molecular flexibility index (Phi) is 9.66. The van der Waals surface area contributed by atoms with Crippen LogP contribution in [0.5, 0.6) is 0 Å². The monoisotopic (exact) mass is 306 g/mol. The number of unbranched alkanes of at least 4 members (excludes halogenated alkanes) is 2. The van der Waals surface area contributed by atoms with Crippen molar-refractivity contribution in [1.29, 1.82) is 0 Å². The number of benzene rings is 1. The zero-order chi connectivity index (χ0) is 13.1. The van der Waals surface area contributed by atoms with Crippen LogP contribution in [-0.4, -0.2) is 28.1 Å². The fourth-order valence-electron chi connectivity index (χ4n) is 0.976. The third-order valence-corrected chi connectivity index (χ3v) is 2.44. The van der Waals surface area contributed by atoms with Crippen LogP contribution in [0.25, 0.3) is 0 Å². The quantitative estimate of drug-likeness (QED) is 0.649. The maximum absolute atomic E-state index is 12.2. The Labute approximate surface area is 108 Å². The first kappa shape index (κ1) is 16.1. The van der Waals surface area contributed by atoms with Crippen LogP contribution in [0.4, 0.5) is 4.39 Å². The second-order valence-electron chi connectivity index (χ2n) is 3.29. The summed E-state index contributed by atoms with van der Waals surface area (Å²) >= 11 is 3.30. The molecule has 1 aromatic rings. The highest BCUT2D eigenvalue weighted by Gasteiger charge is 1.99. The molecule has 0 unspecified atom stereocenters. The van der Waals surface area contributed by atoms with E-state index < -0.39 is 11.8 Å². The Balaban J connectivity index is 0.000000325. The average Bonchev–Trinajstić information content (AvgIpc) is 2.31. The van der Waals surface area contributed by atoms with Crippen molar-refractivity contribution in [1.82, 2.24) is 0 Å². The largest absolute Gasteiger partial charge is 0.478 e. The highest BCUT2D eigenvalue weighted by Crippen LogP contribution is 2.01. The van der Waals surface area contributed by atoms with E-state index in [9.17, 15) is 9.18 Å². The lowest BCUT2D eigenvalue weighted by Crippen LogP contribution is -1.94. The standard InChI is InChI=1S/C7H5FO2.C5H11BrO/c8-6-3-1-5(2-4-6)7(9)10;6-4-2-1-3-5-7/h1-4H,(H,9,10);7H,1-5H2. The molecular formula is C12H16BrFO3. The SMILES string of the molecule is O=C(O)c1ccc(F)cc1.OCCCCCBr. The third-order valence-electron chi connectivity index (χ3n) is 1.88. The van der Waals surface area contributed by atoms with Gasteiger partial charge in [-0.1, -0.05) is 22.4 Å². The molecule has 0 aliphatic carbocycles. The Bertz CT molecular complexity index is 310. The number of carboxylic acid groups (broad SMARTS) is 1. The molecule has 1 rings (SSSR count). The van der Waals surface area contributed by atoms with E-state index >= 15 is 0 Å². The summed E-state index contributed by atoms with van der Waals surface area (Å²) in [7, 11) is 0. The van der Waals surface area contributed by atoms with E-state index in [1.807, 2.05) is 0 Å². The highest BCUT2D eigenvalue weighted by atomic mass is 79.9. The summed E-state index contributed by atoms with van der Waals surface area (Å²) in [6, 6.07) is 4.67. The molecule has 0 spiro atoms. The number of aromatic carboxylic acids is 1. The number of carbonyl (C=O) groups is 1. The number of carboxylic acids is 1. The highest BCUT2D eigenvalue weighted by molar-refractivity contribution is 9.09. The topological polar surface area (TPSA) is 57.5 Å². The summed E-state index contributed by atoms with van der Waals surface area (Å²) in [5.74, 6) is -1.47. The molecule has 17 heavy (non-hydrogen) atoms. The Morgan fingerprint density at radius 2 is 1.76 bits per heavy atom. The Morgan fingerprint density at radius 1 is 1.18 bits per heavy atom. The molecule has 0 saturated carbocycles. The third kappa shape index (κ3) is 8.83. The molecular weight excluding hydrogens is 291 g/mol. The molecule has 5 heteroatoms. The molecule has 0 aliphatic heterocycles. The first-order valence-electron chi connectivity index (χ1n) is 5.27. The van der Waals surface area contributed by atoms with Crippen LogP contribution in [0.15, 0.2) is 24.3 Å². The molecule has 0 radical (unpaired) electrons. The number of hydrogen-bond acceptors (Lipinski definition) is 2. The lowest BCUT2D eigenvalue weighted by atomic mass is 10.2. The molecule has 0 heterocycles. The Morgan fingerprint density at radius 3 is 2.18 bits per heavy atom. The average molecular weight is 307 g/mol. The summed E-state index contributed by atoms with van der Waals surface area (Å²) in [5, 5.41) is 17.7. The maximum atomic E-state index is 12.2. The van der Waals surface area contributed by atoms with Crippen LogP contribution >= 0.6 is 15.9 Å². The summed E-state index contributed by atoms with van der Waals surface area (Å²) in [6.07, 6.45) is 3.27. The van der Waals surface area contributed by atoms with Crippen molar-refractivity contribution in [3.8, 4) is 0 Å². The first-order chi connectivity index (χ1) is 8.11. The lowest BCUT2D eigenvalue weighted by molar-refractivity contribution is 0.0697. The normalized spacial score (nSPS) is 9.35. The van der Waals surface area contributed by atoms with E-state index in [4.69, 9.17) is 10.2 Å². The fourth-order valence-corrected chi connectivity index (χ4v) is 1.37.